The third-order valence-electron chi connectivity index (χ3n) is 7.45. The number of ether oxygens (including phenoxy) is 2. The Balaban J connectivity index is 1.18. The molecule has 12 heteroatoms. The van der Waals surface area contributed by atoms with Crippen LogP contribution in [0.3, 0.4) is 0 Å². The van der Waals surface area contributed by atoms with Crippen molar-refractivity contribution in [3.8, 4) is 22.6 Å². The van der Waals surface area contributed by atoms with Crippen molar-refractivity contribution in [3.05, 3.63) is 97.1 Å². The number of nitrogens with zero attached hydrogens (tertiary/aromatic N) is 8. The predicted molar refractivity (Wildman–Crippen MR) is 176 cm³/mol. The highest BCUT2D eigenvalue weighted by Gasteiger charge is 2.35. The van der Waals surface area contributed by atoms with Gasteiger partial charge < -0.3 is 9.47 Å². The van der Waals surface area contributed by atoms with Crippen LogP contribution in [0.25, 0.3) is 11.1 Å². The molecule has 2 heterocycles. The molecule has 6 rings (SSSR count). The van der Waals surface area contributed by atoms with Crippen molar-refractivity contribution >= 4 is 46.0 Å². The van der Waals surface area contributed by atoms with Gasteiger partial charge in [0.1, 0.15) is 22.9 Å². The Morgan fingerprint density at radius 1 is 0.587 bits per heavy atom. The maximum Gasteiger partial charge on any atom is 0.280 e. The van der Waals surface area contributed by atoms with E-state index in [1.165, 1.54) is 10.0 Å². The second-order valence-electron chi connectivity index (χ2n) is 10.5. The lowest BCUT2D eigenvalue weighted by Gasteiger charge is -2.12. The Bertz CT molecular complexity index is 1770. The Kier molecular flexibility index (Phi) is 8.42. The highest BCUT2D eigenvalue weighted by molar-refractivity contribution is 6.19. The van der Waals surface area contributed by atoms with E-state index in [1.54, 1.807) is 40.2 Å². The summed E-state index contributed by atoms with van der Waals surface area (Å²) in [5.41, 5.74) is 5.01. The van der Waals surface area contributed by atoms with E-state index in [-0.39, 0.29) is 11.8 Å². The second kappa shape index (κ2) is 12.9. The minimum absolute atomic E-state index is 0.277. The predicted octanol–water partition coefficient (Wildman–Crippen LogP) is 7.12. The van der Waals surface area contributed by atoms with Gasteiger partial charge in [-0.25, -0.2) is 0 Å². The number of carbonyl (C=O) groups excluding carboxylic acids is 2. The van der Waals surface area contributed by atoms with Crippen molar-refractivity contribution in [3.63, 3.8) is 0 Å². The van der Waals surface area contributed by atoms with Crippen molar-refractivity contribution in [2.24, 2.45) is 30.7 Å². The summed E-state index contributed by atoms with van der Waals surface area (Å²) in [5, 5.41) is 28.8. The first kappa shape index (κ1) is 30.0. The van der Waals surface area contributed by atoms with Gasteiger partial charge in [0.15, 0.2) is 12.1 Å². The van der Waals surface area contributed by atoms with Gasteiger partial charge in [0.25, 0.3) is 11.8 Å². The molecule has 0 saturated carbocycles. The van der Waals surface area contributed by atoms with Crippen LogP contribution in [-0.2, 0) is 9.59 Å². The van der Waals surface area contributed by atoms with Crippen LogP contribution in [0.2, 0.25) is 0 Å². The molecule has 2 atom stereocenters. The molecule has 0 aliphatic carbocycles. The van der Waals surface area contributed by atoms with E-state index in [1.807, 2.05) is 84.9 Å². The van der Waals surface area contributed by atoms with E-state index in [4.69, 9.17) is 9.47 Å². The largest absolute Gasteiger partial charge is 0.494 e. The molecule has 46 heavy (non-hydrogen) atoms. The van der Waals surface area contributed by atoms with E-state index in [2.05, 4.69) is 30.7 Å². The first-order valence-electron chi connectivity index (χ1n) is 14.4. The minimum Gasteiger partial charge on any atom is -0.494 e. The van der Waals surface area contributed by atoms with Crippen LogP contribution in [0, 0.1) is 0 Å². The average Bonchev–Trinajstić information content (AvgIpc) is 3.55. The molecule has 0 saturated heterocycles. The fourth-order valence-corrected chi connectivity index (χ4v) is 5.01. The highest BCUT2D eigenvalue weighted by atomic mass is 16.5. The number of hydrazone groups is 2. The van der Waals surface area contributed by atoms with Gasteiger partial charge in [0.05, 0.1) is 37.0 Å². The molecule has 0 radical (unpaired) electrons. The zero-order valence-electron chi connectivity index (χ0n) is 25.6. The number of hydrogen-bond donors (Lipinski definition) is 0. The maximum atomic E-state index is 13.0. The van der Waals surface area contributed by atoms with Gasteiger partial charge in [-0.3, -0.25) is 9.59 Å². The van der Waals surface area contributed by atoms with Crippen LogP contribution >= 0.6 is 0 Å². The summed E-state index contributed by atoms with van der Waals surface area (Å²) < 4.78 is 11.2. The smallest absolute Gasteiger partial charge is 0.280 e. The summed E-state index contributed by atoms with van der Waals surface area (Å²) in [6.45, 7) is 3.50. The fraction of sp³-hybridized carbons (Fsp3) is 0.176. The van der Waals surface area contributed by atoms with Gasteiger partial charge in [-0.15, -0.1) is 0 Å². The van der Waals surface area contributed by atoms with Crippen LogP contribution in [0.15, 0.2) is 128 Å². The van der Waals surface area contributed by atoms with Crippen LogP contribution in [0.5, 0.6) is 11.5 Å². The monoisotopic (exact) mass is 614 g/mol. The molecule has 2 aliphatic rings. The summed E-state index contributed by atoms with van der Waals surface area (Å²) >= 11 is 0. The van der Waals surface area contributed by atoms with Gasteiger partial charge in [-0.1, -0.05) is 48.5 Å². The number of methoxy groups -OCH3 is 2. The van der Waals surface area contributed by atoms with Crippen molar-refractivity contribution in [2.75, 3.05) is 24.2 Å². The number of benzene rings is 4. The standard InChI is InChI=1S/C34H30N8O4/c1-21-31(33(43)41(39-21)25-11-7-5-8-12-25)37-35-27-17-15-23(19-29(27)45-3)24-16-18-28(30(20-24)46-4)36-38-32-22(2)40-42(34(32)44)26-13-9-6-10-14-26/h5-20,31-32H,1-4H3. The van der Waals surface area contributed by atoms with Crippen molar-refractivity contribution in [1.29, 1.82) is 0 Å². The zero-order valence-corrected chi connectivity index (χ0v) is 25.6. The van der Waals surface area contributed by atoms with Crippen LogP contribution in [0.1, 0.15) is 13.8 Å². The lowest BCUT2D eigenvalue weighted by atomic mass is 10.0. The topological polar surface area (TPSA) is 133 Å². The molecule has 2 unspecified atom stereocenters. The molecule has 0 bridgehead atoms. The van der Waals surface area contributed by atoms with Crippen molar-refractivity contribution in [2.45, 2.75) is 25.9 Å². The SMILES string of the molecule is COc1cc(-c2ccc(N=NC3C(=O)N(c4ccccc4)N=C3C)c(OC)c2)ccc1N=NC1C(=O)N(c2ccccc2)N=C1C. The molecule has 12 nitrogen and oxygen atoms in total. The third-order valence-corrected chi connectivity index (χ3v) is 7.45. The van der Waals surface area contributed by atoms with Gasteiger partial charge >= 0.3 is 0 Å². The highest BCUT2D eigenvalue weighted by Crippen LogP contribution is 2.38. The van der Waals surface area contributed by atoms with E-state index in [0.717, 1.165) is 11.1 Å². The third kappa shape index (κ3) is 5.87. The fourth-order valence-electron chi connectivity index (χ4n) is 5.01. The number of amides is 2. The van der Waals surface area contributed by atoms with Crippen LogP contribution in [-0.4, -0.2) is 49.5 Å². The summed E-state index contributed by atoms with van der Waals surface area (Å²) in [4.78, 5) is 26.0. The quantitative estimate of drug-likeness (QED) is 0.186. The first-order valence-corrected chi connectivity index (χ1v) is 14.4. The Morgan fingerprint density at radius 3 is 1.35 bits per heavy atom. The van der Waals surface area contributed by atoms with E-state index in [9.17, 15) is 9.59 Å². The Labute approximate surface area is 265 Å². The second-order valence-corrected chi connectivity index (χ2v) is 10.5. The van der Waals surface area contributed by atoms with Crippen LogP contribution < -0.4 is 19.5 Å². The van der Waals surface area contributed by atoms with Crippen molar-refractivity contribution < 1.29 is 19.1 Å². The molecule has 0 fully saturated rings. The number of hydrogen-bond acceptors (Lipinski definition) is 10. The van der Waals surface area contributed by atoms with Gasteiger partial charge in [-0.2, -0.15) is 40.7 Å². The lowest BCUT2D eigenvalue weighted by Crippen LogP contribution is -2.29. The molecular formula is C34H30N8O4. The number of para-hydroxylation sites is 2. The minimum atomic E-state index is -0.827. The molecule has 2 aliphatic heterocycles. The summed E-state index contributed by atoms with van der Waals surface area (Å²) in [6, 6.07) is 27.6. The number of azo groups is 2. The van der Waals surface area contributed by atoms with E-state index >= 15 is 0 Å². The summed E-state index contributed by atoms with van der Waals surface area (Å²) in [7, 11) is 3.09. The number of anilines is 2. The average molecular weight is 615 g/mol. The maximum absolute atomic E-state index is 13.0. The first-order chi connectivity index (χ1) is 22.4. The van der Waals surface area contributed by atoms with E-state index < -0.39 is 12.1 Å². The van der Waals surface area contributed by atoms with Crippen LogP contribution in [0.4, 0.5) is 22.7 Å². The summed E-state index contributed by atoms with van der Waals surface area (Å²) in [5.74, 6) is 0.393. The normalized spacial score (nSPS) is 18.1. The Morgan fingerprint density at radius 2 is 0.978 bits per heavy atom. The molecule has 4 aromatic carbocycles. The lowest BCUT2D eigenvalue weighted by molar-refractivity contribution is -0.118. The van der Waals surface area contributed by atoms with Gasteiger partial charge in [0.2, 0.25) is 0 Å². The van der Waals surface area contributed by atoms with E-state index in [0.29, 0.717) is 45.7 Å². The van der Waals surface area contributed by atoms with Gasteiger partial charge in [-0.05, 0) is 73.5 Å². The molecule has 2 amide bonds. The molecule has 0 aromatic heterocycles. The Hall–Kier alpha value is -6.04. The summed E-state index contributed by atoms with van der Waals surface area (Å²) in [6.07, 6.45) is 0. The molecular weight excluding hydrogens is 584 g/mol. The van der Waals surface area contributed by atoms with Gasteiger partial charge in [0, 0.05) is 0 Å². The number of rotatable bonds is 9. The molecule has 0 spiro atoms. The molecule has 4 aromatic rings. The van der Waals surface area contributed by atoms with Crippen molar-refractivity contribution in [1.82, 2.24) is 0 Å². The molecule has 0 N–H and O–H groups in total. The zero-order chi connectivity index (χ0) is 32.2. The number of carbonyl (C=O) groups is 2. The molecule has 230 valence electrons.